The summed E-state index contributed by atoms with van der Waals surface area (Å²) in [6.45, 7) is 1.07. The van der Waals surface area contributed by atoms with Crippen molar-refractivity contribution in [2.75, 3.05) is 6.54 Å². The van der Waals surface area contributed by atoms with Crippen LogP contribution in [0.4, 0.5) is 0 Å². The molecular formula is C19H19N3O4. The van der Waals surface area contributed by atoms with Crippen molar-refractivity contribution in [3.05, 3.63) is 65.5 Å². The second-order valence-corrected chi connectivity index (χ2v) is 6.22. The van der Waals surface area contributed by atoms with Gasteiger partial charge >= 0.3 is 5.97 Å². The van der Waals surface area contributed by atoms with E-state index < -0.39 is 5.97 Å². The van der Waals surface area contributed by atoms with Crippen LogP contribution in [0.3, 0.4) is 0 Å². The maximum atomic E-state index is 12.3. The van der Waals surface area contributed by atoms with Crippen molar-refractivity contribution in [1.82, 2.24) is 15.2 Å². The van der Waals surface area contributed by atoms with E-state index in [0.29, 0.717) is 19.6 Å². The number of carbonyl (C=O) groups excluding carboxylic acids is 2. The quantitative estimate of drug-likeness (QED) is 0.819. The van der Waals surface area contributed by atoms with E-state index in [1.165, 1.54) is 12.1 Å². The van der Waals surface area contributed by atoms with Crippen molar-refractivity contribution >= 4 is 17.8 Å². The van der Waals surface area contributed by atoms with Gasteiger partial charge in [0.15, 0.2) is 0 Å². The second-order valence-electron chi connectivity index (χ2n) is 6.22. The molecule has 2 amide bonds. The number of benzene rings is 1. The smallest absolute Gasteiger partial charge is 0.335 e. The van der Waals surface area contributed by atoms with E-state index in [1.807, 2.05) is 18.2 Å². The molecular weight excluding hydrogens is 334 g/mol. The Labute approximate surface area is 150 Å². The highest BCUT2D eigenvalue weighted by Crippen LogP contribution is 2.20. The Morgan fingerprint density at radius 3 is 2.62 bits per heavy atom. The lowest BCUT2D eigenvalue weighted by molar-refractivity contribution is -0.129. The molecule has 2 aromatic rings. The molecule has 1 saturated heterocycles. The number of carbonyl (C=O) groups is 3. The molecule has 0 spiro atoms. The van der Waals surface area contributed by atoms with E-state index in [0.717, 1.165) is 11.3 Å². The number of aromatic carboxylic acids is 1. The highest BCUT2D eigenvalue weighted by Gasteiger charge is 2.34. The molecule has 0 saturated carbocycles. The number of rotatable bonds is 6. The Hall–Kier alpha value is -3.22. The minimum atomic E-state index is -0.988. The highest BCUT2D eigenvalue weighted by atomic mass is 16.4. The summed E-state index contributed by atoms with van der Waals surface area (Å²) < 4.78 is 0. The molecule has 1 aliphatic rings. The molecule has 134 valence electrons. The van der Waals surface area contributed by atoms with Gasteiger partial charge < -0.3 is 15.3 Å². The number of hydrogen-bond donors (Lipinski definition) is 2. The van der Waals surface area contributed by atoms with Crippen molar-refractivity contribution < 1.29 is 19.5 Å². The van der Waals surface area contributed by atoms with Crippen LogP contribution in [0.5, 0.6) is 0 Å². The molecule has 1 aromatic carbocycles. The molecule has 7 nitrogen and oxygen atoms in total. The van der Waals surface area contributed by atoms with Crippen LogP contribution in [0.1, 0.15) is 28.0 Å². The van der Waals surface area contributed by atoms with Gasteiger partial charge in [0.05, 0.1) is 23.7 Å². The summed E-state index contributed by atoms with van der Waals surface area (Å²) in [7, 11) is 0. The van der Waals surface area contributed by atoms with Crippen LogP contribution in [-0.2, 0) is 22.7 Å². The van der Waals surface area contributed by atoms with Crippen molar-refractivity contribution in [2.24, 2.45) is 5.92 Å². The van der Waals surface area contributed by atoms with Gasteiger partial charge in [-0.1, -0.05) is 18.2 Å². The number of carboxylic acid groups (broad SMARTS) is 1. The zero-order valence-corrected chi connectivity index (χ0v) is 14.1. The predicted octanol–water partition coefficient (Wildman–Crippen LogP) is 1.44. The molecule has 1 aliphatic heterocycles. The van der Waals surface area contributed by atoms with Crippen LogP contribution in [0.2, 0.25) is 0 Å². The first-order chi connectivity index (χ1) is 12.5. The fourth-order valence-electron chi connectivity index (χ4n) is 2.89. The number of aromatic nitrogens is 1. The highest BCUT2D eigenvalue weighted by molar-refractivity contribution is 5.89. The first-order valence-electron chi connectivity index (χ1n) is 8.30. The van der Waals surface area contributed by atoms with Crippen molar-refractivity contribution in [1.29, 1.82) is 0 Å². The number of pyridine rings is 1. The Morgan fingerprint density at radius 1 is 1.19 bits per heavy atom. The number of nitrogens with zero attached hydrogens (tertiary/aromatic N) is 2. The van der Waals surface area contributed by atoms with E-state index in [-0.39, 0.29) is 29.7 Å². The van der Waals surface area contributed by atoms with Gasteiger partial charge in [-0.3, -0.25) is 14.6 Å². The standard InChI is InChI=1S/C19H19N3O4/c23-17-9-15(11-22(17)12-16-3-1-2-8-20-16)18(24)21-10-13-4-6-14(7-5-13)19(25)26/h1-8,15H,9-12H2,(H,21,24)(H,25,26)/t15-/m1/s1. The summed E-state index contributed by atoms with van der Waals surface area (Å²) in [6, 6.07) is 11.8. The Kier molecular flexibility index (Phi) is 5.26. The van der Waals surface area contributed by atoms with Crippen LogP contribution >= 0.6 is 0 Å². The second kappa shape index (κ2) is 7.77. The summed E-state index contributed by atoms with van der Waals surface area (Å²) in [5.41, 5.74) is 1.80. The van der Waals surface area contributed by atoms with Crippen LogP contribution in [0, 0.1) is 5.92 Å². The number of nitrogens with one attached hydrogen (secondary N) is 1. The van der Waals surface area contributed by atoms with Gasteiger partial charge in [-0.05, 0) is 29.8 Å². The molecule has 3 rings (SSSR count). The maximum Gasteiger partial charge on any atom is 0.335 e. The number of hydrogen-bond acceptors (Lipinski definition) is 4. The lowest BCUT2D eigenvalue weighted by Gasteiger charge is -2.16. The van der Waals surface area contributed by atoms with E-state index in [9.17, 15) is 14.4 Å². The van der Waals surface area contributed by atoms with Crippen LogP contribution < -0.4 is 5.32 Å². The topological polar surface area (TPSA) is 99.6 Å². The predicted molar refractivity (Wildman–Crippen MR) is 93.0 cm³/mol. The van der Waals surface area contributed by atoms with E-state index in [2.05, 4.69) is 10.3 Å². The number of likely N-dealkylation sites (tertiary alicyclic amines) is 1. The van der Waals surface area contributed by atoms with Gasteiger partial charge in [0.2, 0.25) is 11.8 Å². The molecule has 1 aromatic heterocycles. The van der Waals surface area contributed by atoms with Gasteiger partial charge in [-0.25, -0.2) is 4.79 Å². The first kappa shape index (κ1) is 17.6. The summed E-state index contributed by atoms with van der Waals surface area (Å²) in [4.78, 5) is 41.2. The van der Waals surface area contributed by atoms with Gasteiger partial charge in [0.25, 0.3) is 0 Å². The minimum Gasteiger partial charge on any atom is -0.478 e. The Bertz CT molecular complexity index is 805. The molecule has 1 fully saturated rings. The molecule has 1 atom stereocenters. The molecule has 26 heavy (non-hydrogen) atoms. The molecule has 2 N–H and O–H groups in total. The first-order valence-corrected chi connectivity index (χ1v) is 8.30. The average molecular weight is 353 g/mol. The minimum absolute atomic E-state index is 0.0541. The SMILES string of the molecule is O=C(O)c1ccc(CNC(=O)[C@@H]2CC(=O)N(Cc3ccccn3)C2)cc1. The fourth-order valence-corrected chi connectivity index (χ4v) is 2.89. The third-order valence-electron chi connectivity index (χ3n) is 4.33. The zero-order valence-electron chi connectivity index (χ0n) is 14.1. The zero-order chi connectivity index (χ0) is 18.5. The van der Waals surface area contributed by atoms with E-state index in [1.54, 1.807) is 23.2 Å². The van der Waals surface area contributed by atoms with Crippen molar-refractivity contribution in [3.8, 4) is 0 Å². The summed E-state index contributed by atoms with van der Waals surface area (Å²) in [6.07, 6.45) is 1.87. The van der Waals surface area contributed by atoms with E-state index >= 15 is 0 Å². The van der Waals surface area contributed by atoms with Gasteiger partial charge in [0, 0.05) is 25.7 Å². The van der Waals surface area contributed by atoms with Gasteiger partial charge in [-0.2, -0.15) is 0 Å². The summed E-state index contributed by atoms with van der Waals surface area (Å²) in [5.74, 6) is -1.60. The Morgan fingerprint density at radius 2 is 1.96 bits per heavy atom. The maximum absolute atomic E-state index is 12.3. The van der Waals surface area contributed by atoms with E-state index in [4.69, 9.17) is 5.11 Å². The molecule has 0 bridgehead atoms. The van der Waals surface area contributed by atoms with Gasteiger partial charge in [-0.15, -0.1) is 0 Å². The van der Waals surface area contributed by atoms with Crippen molar-refractivity contribution in [3.63, 3.8) is 0 Å². The fraction of sp³-hybridized carbons (Fsp3) is 0.263. The number of carboxylic acids is 1. The largest absolute Gasteiger partial charge is 0.478 e. The monoisotopic (exact) mass is 353 g/mol. The molecule has 7 heteroatoms. The molecule has 0 aliphatic carbocycles. The lowest BCUT2D eigenvalue weighted by atomic mass is 10.1. The number of amides is 2. The Balaban J connectivity index is 1.52. The van der Waals surface area contributed by atoms with Crippen molar-refractivity contribution in [2.45, 2.75) is 19.5 Å². The molecule has 0 radical (unpaired) electrons. The van der Waals surface area contributed by atoms with Crippen LogP contribution in [0.15, 0.2) is 48.7 Å². The normalized spacial score (nSPS) is 16.5. The van der Waals surface area contributed by atoms with Crippen LogP contribution in [-0.4, -0.2) is 39.3 Å². The summed E-state index contributed by atoms with van der Waals surface area (Å²) in [5, 5.41) is 11.7. The third-order valence-corrected chi connectivity index (χ3v) is 4.33. The molecule has 0 unspecified atom stereocenters. The lowest BCUT2D eigenvalue weighted by Crippen LogP contribution is -2.32. The van der Waals surface area contributed by atoms with Gasteiger partial charge in [0.1, 0.15) is 0 Å². The summed E-state index contributed by atoms with van der Waals surface area (Å²) >= 11 is 0. The average Bonchev–Trinajstić information content (AvgIpc) is 3.01. The third kappa shape index (κ3) is 4.24. The molecule has 2 heterocycles. The van der Waals surface area contributed by atoms with Crippen LogP contribution in [0.25, 0.3) is 0 Å².